The molecule has 2 rings (SSSR count). The second-order valence-electron chi connectivity index (χ2n) is 4.59. The molecule has 1 amide bonds. The van der Waals surface area contributed by atoms with Crippen molar-refractivity contribution < 1.29 is 9.90 Å². The normalized spacial score (nSPS) is 18.0. The summed E-state index contributed by atoms with van der Waals surface area (Å²) in [6.45, 7) is 2.50. The Balaban J connectivity index is 1.82. The summed E-state index contributed by atoms with van der Waals surface area (Å²) in [6.07, 6.45) is 1.59. The van der Waals surface area contributed by atoms with Crippen molar-refractivity contribution in [3.8, 4) is 0 Å². The summed E-state index contributed by atoms with van der Waals surface area (Å²) in [5, 5.41) is 10.1. The number of β-amino-alcohol motifs (C(OH)–C–C–N with tert-alkyl or cyclic N) is 1. The standard InChI is InChI=1S/C13H17NO2/c1-11(15)14-9-13(16,10-14)8-7-12-5-3-2-4-6-12/h2-6,16H,7-10H2,1H3. The first-order chi connectivity index (χ1) is 7.59. The number of carbonyl (C=O) groups is 1. The van der Waals surface area contributed by atoms with E-state index in [0.29, 0.717) is 13.1 Å². The first-order valence-corrected chi connectivity index (χ1v) is 5.61. The lowest BCUT2D eigenvalue weighted by Gasteiger charge is -2.46. The van der Waals surface area contributed by atoms with E-state index < -0.39 is 5.60 Å². The van der Waals surface area contributed by atoms with Gasteiger partial charge in [-0.3, -0.25) is 4.79 Å². The topological polar surface area (TPSA) is 40.5 Å². The fraction of sp³-hybridized carbons (Fsp3) is 0.462. The molecule has 86 valence electrons. The Bertz CT molecular complexity index is 369. The minimum Gasteiger partial charge on any atom is -0.386 e. The van der Waals surface area contributed by atoms with Crippen molar-refractivity contribution in [1.29, 1.82) is 0 Å². The fourth-order valence-electron chi connectivity index (χ4n) is 2.07. The number of hydrogen-bond donors (Lipinski definition) is 1. The molecule has 0 radical (unpaired) electrons. The third kappa shape index (κ3) is 2.42. The van der Waals surface area contributed by atoms with Gasteiger partial charge in [0.15, 0.2) is 0 Å². The van der Waals surface area contributed by atoms with Crippen molar-refractivity contribution in [2.24, 2.45) is 0 Å². The summed E-state index contributed by atoms with van der Waals surface area (Å²) >= 11 is 0. The average molecular weight is 219 g/mol. The summed E-state index contributed by atoms with van der Waals surface area (Å²) in [6, 6.07) is 10.1. The van der Waals surface area contributed by atoms with Crippen LogP contribution in [0.4, 0.5) is 0 Å². The van der Waals surface area contributed by atoms with Gasteiger partial charge in [-0.1, -0.05) is 30.3 Å². The monoisotopic (exact) mass is 219 g/mol. The first kappa shape index (κ1) is 11.1. The van der Waals surface area contributed by atoms with Crippen LogP contribution in [0.25, 0.3) is 0 Å². The van der Waals surface area contributed by atoms with Gasteiger partial charge in [0.25, 0.3) is 0 Å². The lowest BCUT2D eigenvalue weighted by Crippen LogP contribution is -2.63. The van der Waals surface area contributed by atoms with E-state index in [1.54, 1.807) is 4.90 Å². The van der Waals surface area contributed by atoms with Crippen LogP contribution in [0.5, 0.6) is 0 Å². The van der Waals surface area contributed by atoms with Crippen LogP contribution in [-0.4, -0.2) is 34.6 Å². The van der Waals surface area contributed by atoms with Crippen LogP contribution in [0.15, 0.2) is 30.3 Å². The highest BCUT2D eigenvalue weighted by atomic mass is 16.3. The number of amides is 1. The van der Waals surface area contributed by atoms with E-state index in [9.17, 15) is 9.90 Å². The summed E-state index contributed by atoms with van der Waals surface area (Å²) in [4.78, 5) is 12.7. The number of carbonyl (C=O) groups excluding carboxylic acids is 1. The van der Waals surface area contributed by atoms with Crippen molar-refractivity contribution in [1.82, 2.24) is 4.90 Å². The van der Waals surface area contributed by atoms with E-state index in [4.69, 9.17) is 0 Å². The molecule has 1 fully saturated rings. The number of likely N-dealkylation sites (tertiary alicyclic amines) is 1. The molecular weight excluding hydrogens is 202 g/mol. The van der Waals surface area contributed by atoms with E-state index in [1.807, 2.05) is 18.2 Å². The van der Waals surface area contributed by atoms with Crippen LogP contribution in [-0.2, 0) is 11.2 Å². The van der Waals surface area contributed by atoms with E-state index in [0.717, 1.165) is 12.8 Å². The molecule has 1 aromatic rings. The zero-order chi connectivity index (χ0) is 11.6. The van der Waals surface area contributed by atoms with Gasteiger partial charge in [-0.2, -0.15) is 0 Å². The zero-order valence-corrected chi connectivity index (χ0v) is 9.52. The third-order valence-electron chi connectivity index (χ3n) is 3.14. The van der Waals surface area contributed by atoms with Gasteiger partial charge in [0.1, 0.15) is 5.60 Å². The number of rotatable bonds is 3. The van der Waals surface area contributed by atoms with Crippen molar-refractivity contribution >= 4 is 5.91 Å². The molecule has 0 aromatic heterocycles. The smallest absolute Gasteiger partial charge is 0.219 e. The molecule has 1 N–H and O–H groups in total. The predicted molar refractivity (Wildman–Crippen MR) is 62.0 cm³/mol. The Labute approximate surface area is 95.7 Å². The molecule has 0 atom stereocenters. The minimum atomic E-state index is -0.665. The summed E-state index contributed by atoms with van der Waals surface area (Å²) in [5.41, 5.74) is 0.568. The number of aliphatic hydroxyl groups is 1. The number of benzene rings is 1. The lowest BCUT2D eigenvalue weighted by molar-refractivity contribution is -0.154. The Morgan fingerprint density at radius 1 is 1.38 bits per heavy atom. The van der Waals surface area contributed by atoms with Gasteiger partial charge in [-0.15, -0.1) is 0 Å². The molecular formula is C13H17NO2. The van der Waals surface area contributed by atoms with E-state index in [1.165, 1.54) is 12.5 Å². The van der Waals surface area contributed by atoms with Crippen LogP contribution >= 0.6 is 0 Å². The third-order valence-corrected chi connectivity index (χ3v) is 3.14. The summed E-state index contributed by atoms with van der Waals surface area (Å²) in [7, 11) is 0. The van der Waals surface area contributed by atoms with Gasteiger partial charge in [-0.05, 0) is 18.4 Å². The molecule has 0 bridgehead atoms. The number of aryl methyl sites for hydroxylation is 1. The maximum Gasteiger partial charge on any atom is 0.219 e. The molecule has 0 unspecified atom stereocenters. The second kappa shape index (κ2) is 4.26. The average Bonchev–Trinajstić information content (AvgIpc) is 2.24. The molecule has 1 aliphatic heterocycles. The summed E-state index contributed by atoms with van der Waals surface area (Å²) in [5.74, 6) is 0.0457. The lowest BCUT2D eigenvalue weighted by atomic mass is 9.87. The molecule has 1 saturated heterocycles. The molecule has 0 saturated carbocycles. The second-order valence-corrected chi connectivity index (χ2v) is 4.59. The van der Waals surface area contributed by atoms with E-state index in [-0.39, 0.29) is 5.91 Å². The fourth-order valence-corrected chi connectivity index (χ4v) is 2.07. The maximum atomic E-state index is 11.0. The first-order valence-electron chi connectivity index (χ1n) is 5.61. The van der Waals surface area contributed by atoms with Gasteiger partial charge in [0.05, 0.1) is 13.1 Å². The SMILES string of the molecule is CC(=O)N1CC(O)(CCc2ccccc2)C1. The van der Waals surface area contributed by atoms with Gasteiger partial charge in [0, 0.05) is 6.92 Å². The molecule has 1 aliphatic rings. The van der Waals surface area contributed by atoms with Crippen molar-refractivity contribution in [3.05, 3.63) is 35.9 Å². The maximum absolute atomic E-state index is 11.0. The molecule has 3 heteroatoms. The van der Waals surface area contributed by atoms with Gasteiger partial charge in [-0.25, -0.2) is 0 Å². The van der Waals surface area contributed by atoms with E-state index in [2.05, 4.69) is 12.1 Å². The zero-order valence-electron chi connectivity index (χ0n) is 9.52. The Kier molecular flexibility index (Phi) is 2.97. The Morgan fingerprint density at radius 3 is 2.56 bits per heavy atom. The number of nitrogens with zero attached hydrogens (tertiary/aromatic N) is 1. The quantitative estimate of drug-likeness (QED) is 0.830. The van der Waals surface area contributed by atoms with Crippen LogP contribution in [0, 0.1) is 0 Å². The number of hydrogen-bond acceptors (Lipinski definition) is 2. The highest BCUT2D eigenvalue weighted by Crippen LogP contribution is 2.25. The van der Waals surface area contributed by atoms with Crippen molar-refractivity contribution in [2.45, 2.75) is 25.4 Å². The largest absolute Gasteiger partial charge is 0.386 e. The minimum absolute atomic E-state index is 0.0457. The molecule has 1 aromatic carbocycles. The molecule has 16 heavy (non-hydrogen) atoms. The Morgan fingerprint density at radius 2 is 2.00 bits per heavy atom. The van der Waals surface area contributed by atoms with Crippen molar-refractivity contribution in [2.75, 3.05) is 13.1 Å². The van der Waals surface area contributed by atoms with Gasteiger partial charge < -0.3 is 10.0 Å². The van der Waals surface area contributed by atoms with E-state index >= 15 is 0 Å². The van der Waals surface area contributed by atoms with Crippen LogP contribution in [0.3, 0.4) is 0 Å². The van der Waals surface area contributed by atoms with Crippen molar-refractivity contribution in [3.63, 3.8) is 0 Å². The Hall–Kier alpha value is -1.35. The van der Waals surface area contributed by atoms with Crippen LogP contribution < -0.4 is 0 Å². The summed E-state index contributed by atoms with van der Waals surface area (Å²) < 4.78 is 0. The van der Waals surface area contributed by atoms with Gasteiger partial charge >= 0.3 is 0 Å². The highest BCUT2D eigenvalue weighted by molar-refractivity contribution is 5.74. The van der Waals surface area contributed by atoms with Crippen LogP contribution in [0.1, 0.15) is 18.9 Å². The highest BCUT2D eigenvalue weighted by Gasteiger charge is 2.41. The van der Waals surface area contributed by atoms with Crippen LogP contribution in [0.2, 0.25) is 0 Å². The molecule has 0 aliphatic carbocycles. The molecule has 3 nitrogen and oxygen atoms in total. The molecule has 0 spiro atoms. The predicted octanol–water partition coefficient (Wildman–Crippen LogP) is 1.21. The molecule has 1 heterocycles. The van der Waals surface area contributed by atoms with Gasteiger partial charge in [0.2, 0.25) is 5.91 Å².